The lowest BCUT2D eigenvalue weighted by molar-refractivity contribution is -0.132. The Labute approximate surface area is 160 Å². The van der Waals surface area contributed by atoms with Crippen LogP contribution in [0.2, 0.25) is 0 Å². The molecule has 9 heteroatoms. The molecule has 1 aliphatic heterocycles. The Morgan fingerprint density at radius 1 is 1.25 bits per heavy atom. The molecule has 0 atom stereocenters. The number of ether oxygens (including phenoxy) is 1. The summed E-state index contributed by atoms with van der Waals surface area (Å²) in [6.07, 6.45) is 4.93. The summed E-state index contributed by atoms with van der Waals surface area (Å²) in [5, 5.41) is 13.1. The van der Waals surface area contributed by atoms with Gasteiger partial charge in [0.05, 0.1) is 24.4 Å². The summed E-state index contributed by atoms with van der Waals surface area (Å²) in [4.78, 5) is 25.0. The summed E-state index contributed by atoms with van der Waals surface area (Å²) < 4.78 is 33.2. The van der Waals surface area contributed by atoms with Crippen molar-refractivity contribution in [1.29, 1.82) is 0 Å². The maximum absolute atomic E-state index is 13.5. The number of piperidine rings is 1. The van der Waals surface area contributed by atoms with Crippen molar-refractivity contribution in [1.82, 2.24) is 14.7 Å². The number of hydrogen-bond acceptors (Lipinski definition) is 4. The standard InChI is InChI=1S/C19H21F2N3O4/c20-14-3-4-17(16(21)10-14)28-9-1-2-18(25)23-7-5-15(6-8-23)24-12-13(11-22-24)19(26)27/h3-4,10-12,15H,1-2,5-9H2,(H,26,27). The zero-order chi connectivity index (χ0) is 20.1. The SMILES string of the molecule is O=C(O)c1cnn(C2CCN(C(=O)CCCOc3ccc(F)cc3F)CC2)c1. The first-order chi connectivity index (χ1) is 13.4. The van der Waals surface area contributed by atoms with Gasteiger partial charge in [0.15, 0.2) is 11.6 Å². The Bertz CT molecular complexity index is 847. The van der Waals surface area contributed by atoms with E-state index in [1.165, 1.54) is 18.5 Å². The zero-order valence-corrected chi connectivity index (χ0v) is 15.2. The van der Waals surface area contributed by atoms with Crippen LogP contribution in [0.3, 0.4) is 0 Å². The third kappa shape index (κ3) is 4.85. The quantitative estimate of drug-likeness (QED) is 0.732. The van der Waals surface area contributed by atoms with Crippen LogP contribution in [-0.4, -0.2) is 51.4 Å². The molecule has 2 aromatic rings. The average Bonchev–Trinajstić information content (AvgIpc) is 3.17. The lowest BCUT2D eigenvalue weighted by Gasteiger charge is -2.32. The van der Waals surface area contributed by atoms with Gasteiger partial charge in [0.25, 0.3) is 0 Å². The van der Waals surface area contributed by atoms with Gasteiger partial charge in [0.1, 0.15) is 5.82 Å². The highest BCUT2D eigenvalue weighted by molar-refractivity contribution is 5.86. The summed E-state index contributed by atoms with van der Waals surface area (Å²) >= 11 is 0. The normalized spacial score (nSPS) is 14.9. The van der Waals surface area contributed by atoms with Gasteiger partial charge in [-0.25, -0.2) is 13.6 Å². The number of benzene rings is 1. The molecule has 0 saturated carbocycles. The molecule has 0 unspecified atom stereocenters. The molecule has 1 aromatic heterocycles. The first-order valence-electron chi connectivity index (χ1n) is 9.07. The van der Waals surface area contributed by atoms with Crippen molar-refractivity contribution < 1.29 is 28.2 Å². The van der Waals surface area contributed by atoms with Gasteiger partial charge >= 0.3 is 5.97 Å². The number of aromatic carboxylic acids is 1. The number of carbonyl (C=O) groups excluding carboxylic acids is 1. The maximum Gasteiger partial charge on any atom is 0.338 e. The molecule has 2 heterocycles. The third-order valence-corrected chi connectivity index (χ3v) is 4.73. The molecule has 0 aliphatic carbocycles. The molecule has 1 N–H and O–H groups in total. The van der Waals surface area contributed by atoms with E-state index in [9.17, 15) is 18.4 Å². The number of amides is 1. The summed E-state index contributed by atoms with van der Waals surface area (Å²) in [6.45, 7) is 1.30. The molecule has 1 aliphatic rings. The van der Waals surface area contributed by atoms with Crippen LogP contribution in [-0.2, 0) is 4.79 Å². The van der Waals surface area contributed by atoms with Crippen LogP contribution in [0.25, 0.3) is 0 Å². The van der Waals surface area contributed by atoms with Crippen LogP contribution >= 0.6 is 0 Å². The number of rotatable bonds is 7. The molecule has 1 aromatic carbocycles. The lowest BCUT2D eigenvalue weighted by atomic mass is 10.0. The molecular weight excluding hydrogens is 372 g/mol. The molecule has 0 spiro atoms. The highest BCUT2D eigenvalue weighted by Crippen LogP contribution is 2.23. The van der Waals surface area contributed by atoms with Gasteiger partial charge in [-0.15, -0.1) is 0 Å². The van der Waals surface area contributed by atoms with Crippen molar-refractivity contribution in [3.05, 3.63) is 47.8 Å². The third-order valence-electron chi connectivity index (χ3n) is 4.73. The Balaban J connectivity index is 1.39. The van der Waals surface area contributed by atoms with Gasteiger partial charge in [-0.2, -0.15) is 5.10 Å². The largest absolute Gasteiger partial charge is 0.491 e. The number of nitrogens with zero attached hydrogens (tertiary/aromatic N) is 3. The number of likely N-dealkylation sites (tertiary alicyclic amines) is 1. The minimum absolute atomic E-state index is 0.00619. The summed E-state index contributed by atoms with van der Waals surface area (Å²) in [6, 6.07) is 3.17. The van der Waals surface area contributed by atoms with Crippen LogP contribution in [0.15, 0.2) is 30.6 Å². The van der Waals surface area contributed by atoms with Crippen LogP contribution in [0.4, 0.5) is 8.78 Å². The molecule has 1 fully saturated rings. The summed E-state index contributed by atoms with van der Waals surface area (Å²) in [5.41, 5.74) is 0.149. The molecule has 7 nitrogen and oxygen atoms in total. The van der Waals surface area contributed by atoms with Crippen molar-refractivity contribution in [2.24, 2.45) is 0 Å². The molecule has 0 radical (unpaired) electrons. The minimum atomic E-state index is -1.01. The van der Waals surface area contributed by atoms with E-state index >= 15 is 0 Å². The Hall–Kier alpha value is -2.97. The second kappa shape index (κ2) is 8.81. The highest BCUT2D eigenvalue weighted by Gasteiger charge is 2.24. The van der Waals surface area contributed by atoms with E-state index in [1.807, 2.05) is 0 Å². The van der Waals surface area contributed by atoms with Crippen molar-refractivity contribution in [3.63, 3.8) is 0 Å². The first kappa shape index (κ1) is 19.8. The van der Waals surface area contributed by atoms with Gasteiger partial charge in [0, 0.05) is 31.8 Å². The molecule has 150 valence electrons. The lowest BCUT2D eigenvalue weighted by Crippen LogP contribution is -2.39. The number of carboxylic acid groups (broad SMARTS) is 1. The molecule has 0 bridgehead atoms. The van der Waals surface area contributed by atoms with E-state index in [-0.39, 0.29) is 36.3 Å². The molecule has 1 amide bonds. The summed E-state index contributed by atoms with van der Waals surface area (Å²) in [5.74, 6) is -2.49. The fraction of sp³-hybridized carbons (Fsp3) is 0.421. The smallest absolute Gasteiger partial charge is 0.338 e. The van der Waals surface area contributed by atoms with E-state index in [1.54, 1.807) is 9.58 Å². The van der Waals surface area contributed by atoms with E-state index in [2.05, 4.69) is 5.10 Å². The van der Waals surface area contributed by atoms with Crippen molar-refractivity contribution in [2.75, 3.05) is 19.7 Å². The van der Waals surface area contributed by atoms with Gasteiger partial charge in [-0.3, -0.25) is 9.48 Å². The number of hydrogen-bond donors (Lipinski definition) is 1. The monoisotopic (exact) mass is 393 g/mol. The molecule has 1 saturated heterocycles. The Morgan fingerprint density at radius 3 is 2.64 bits per heavy atom. The Kier molecular flexibility index (Phi) is 6.23. The number of carboxylic acids is 1. The van der Waals surface area contributed by atoms with Crippen molar-refractivity contribution in [3.8, 4) is 5.75 Å². The first-order valence-corrected chi connectivity index (χ1v) is 9.07. The molecule has 3 rings (SSSR count). The van der Waals surface area contributed by atoms with E-state index < -0.39 is 17.6 Å². The number of carbonyl (C=O) groups is 2. The minimum Gasteiger partial charge on any atom is -0.491 e. The van der Waals surface area contributed by atoms with Gasteiger partial charge in [-0.1, -0.05) is 0 Å². The fourth-order valence-electron chi connectivity index (χ4n) is 3.18. The maximum atomic E-state index is 13.5. The van der Waals surface area contributed by atoms with Crippen LogP contribution in [0, 0.1) is 11.6 Å². The van der Waals surface area contributed by atoms with E-state index in [0.717, 1.165) is 12.1 Å². The predicted octanol–water partition coefficient (Wildman–Crippen LogP) is 2.88. The molecular formula is C19H21F2N3O4. The van der Waals surface area contributed by atoms with E-state index in [0.29, 0.717) is 32.4 Å². The van der Waals surface area contributed by atoms with Gasteiger partial charge in [0.2, 0.25) is 5.91 Å². The fourth-order valence-corrected chi connectivity index (χ4v) is 3.18. The topological polar surface area (TPSA) is 84.7 Å². The molecule has 28 heavy (non-hydrogen) atoms. The van der Waals surface area contributed by atoms with Crippen LogP contribution < -0.4 is 4.74 Å². The highest BCUT2D eigenvalue weighted by atomic mass is 19.1. The summed E-state index contributed by atoms with van der Waals surface area (Å²) in [7, 11) is 0. The van der Waals surface area contributed by atoms with Crippen LogP contribution in [0.5, 0.6) is 5.75 Å². The Morgan fingerprint density at radius 2 is 2.00 bits per heavy atom. The van der Waals surface area contributed by atoms with Crippen molar-refractivity contribution in [2.45, 2.75) is 31.7 Å². The van der Waals surface area contributed by atoms with Crippen molar-refractivity contribution >= 4 is 11.9 Å². The van der Waals surface area contributed by atoms with E-state index in [4.69, 9.17) is 9.84 Å². The number of halogens is 2. The number of aromatic nitrogens is 2. The second-order valence-electron chi connectivity index (χ2n) is 6.65. The average molecular weight is 393 g/mol. The predicted molar refractivity (Wildman–Crippen MR) is 95.1 cm³/mol. The zero-order valence-electron chi connectivity index (χ0n) is 15.2. The van der Waals surface area contributed by atoms with Crippen LogP contribution in [0.1, 0.15) is 42.1 Å². The second-order valence-corrected chi connectivity index (χ2v) is 6.65. The van der Waals surface area contributed by atoms with Gasteiger partial charge in [-0.05, 0) is 31.4 Å². The van der Waals surface area contributed by atoms with Gasteiger partial charge < -0.3 is 14.7 Å².